The Morgan fingerprint density at radius 3 is 2.50 bits per heavy atom. The molecule has 0 aromatic rings. The summed E-state index contributed by atoms with van der Waals surface area (Å²) in [5.74, 6) is 1.05. The predicted molar refractivity (Wildman–Crippen MR) is 45.4 cm³/mol. The number of alkyl halides is 1. The molecule has 0 N–H and O–H groups in total. The van der Waals surface area contributed by atoms with Gasteiger partial charge in [0, 0.05) is 3.92 Å². The third-order valence-corrected chi connectivity index (χ3v) is 3.73. The predicted octanol–water partition coefficient (Wildman–Crippen LogP) is 3.00. The monoisotopic (exact) mass is 224 g/mol. The Labute approximate surface area is 65.2 Å². The summed E-state index contributed by atoms with van der Waals surface area (Å²) in [5.41, 5.74) is 0. The smallest absolute Gasteiger partial charge is 0.0138 e. The molecule has 1 aliphatic rings. The molecule has 0 bridgehead atoms. The lowest BCUT2D eigenvalue weighted by molar-refractivity contribution is 0.552. The van der Waals surface area contributed by atoms with Crippen molar-refractivity contribution in [2.75, 3.05) is 0 Å². The lowest BCUT2D eigenvalue weighted by Crippen LogP contribution is -2.03. The van der Waals surface area contributed by atoms with Gasteiger partial charge in [-0.2, -0.15) is 0 Å². The molecule has 0 amide bonds. The molecule has 0 heterocycles. The fourth-order valence-electron chi connectivity index (χ4n) is 1.45. The van der Waals surface area contributed by atoms with Gasteiger partial charge < -0.3 is 0 Å². The van der Waals surface area contributed by atoms with Gasteiger partial charge in [-0.05, 0) is 18.8 Å². The van der Waals surface area contributed by atoms with Crippen molar-refractivity contribution in [2.45, 2.75) is 36.5 Å². The van der Waals surface area contributed by atoms with Crippen molar-refractivity contribution in [3.8, 4) is 0 Å². The van der Waals surface area contributed by atoms with Gasteiger partial charge in [0.2, 0.25) is 0 Å². The Morgan fingerprint density at radius 2 is 2.25 bits per heavy atom. The average molecular weight is 224 g/mol. The van der Waals surface area contributed by atoms with Crippen molar-refractivity contribution in [2.24, 2.45) is 5.92 Å². The van der Waals surface area contributed by atoms with E-state index >= 15 is 0 Å². The molecular formula is C7H13I. The van der Waals surface area contributed by atoms with Crippen LogP contribution in [0.25, 0.3) is 0 Å². The SMILES string of the molecule is CCC1CCCC1I. The van der Waals surface area contributed by atoms with Gasteiger partial charge in [0.25, 0.3) is 0 Å². The maximum atomic E-state index is 2.59. The minimum absolute atomic E-state index is 0.998. The molecule has 1 fully saturated rings. The molecule has 8 heavy (non-hydrogen) atoms. The maximum absolute atomic E-state index is 2.59. The lowest BCUT2D eigenvalue weighted by Gasteiger charge is -2.08. The Morgan fingerprint density at radius 1 is 1.50 bits per heavy atom. The highest BCUT2D eigenvalue weighted by Gasteiger charge is 2.22. The van der Waals surface area contributed by atoms with Crippen LogP contribution < -0.4 is 0 Å². The van der Waals surface area contributed by atoms with Crippen molar-refractivity contribution in [3.05, 3.63) is 0 Å². The molecule has 1 saturated carbocycles. The highest BCUT2D eigenvalue weighted by molar-refractivity contribution is 14.1. The van der Waals surface area contributed by atoms with Crippen LogP contribution in [0.3, 0.4) is 0 Å². The third-order valence-electron chi connectivity index (χ3n) is 2.09. The molecule has 48 valence electrons. The molecule has 0 radical (unpaired) electrons. The highest BCUT2D eigenvalue weighted by Crippen LogP contribution is 2.33. The lowest BCUT2D eigenvalue weighted by atomic mass is 10.1. The topological polar surface area (TPSA) is 0 Å². The van der Waals surface area contributed by atoms with Crippen LogP contribution in [-0.2, 0) is 0 Å². The van der Waals surface area contributed by atoms with E-state index in [0.717, 1.165) is 9.84 Å². The summed E-state index contributed by atoms with van der Waals surface area (Å²) < 4.78 is 0.998. The Balaban J connectivity index is 2.30. The first-order valence-corrected chi connectivity index (χ1v) is 4.73. The molecule has 0 aromatic heterocycles. The second-order valence-electron chi connectivity index (χ2n) is 2.62. The quantitative estimate of drug-likeness (QED) is 0.474. The van der Waals surface area contributed by atoms with Crippen molar-refractivity contribution in [1.82, 2.24) is 0 Å². The van der Waals surface area contributed by atoms with E-state index in [0.29, 0.717) is 0 Å². The van der Waals surface area contributed by atoms with Gasteiger partial charge in [-0.15, -0.1) is 0 Å². The Hall–Kier alpha value is 0.730. The molecule has 0 aromatic carbocycles. The summed E-state index contributed by atoms with van der Waals surface area (Å²) in [5, 5.41) is 0. The Bertz CT molecular complexity index is 70.8. The summed E-state index contributed by atoms with van der Waals surface area (Å²) >= 11 is 2.59. The van der Waals surface area contributed by atoms with Gasteiger partial charge in [0.15, 0.2) is 0 Å². The van der Waals surface area contributed by atoms with Crippen molar-refractivity contribution in [1.29, 1.82) is 0 Å². The van der Waals surface area contributed by atoms with Crippen molar-refractivity contribution < 1.29 is 0 Å². The molecular weight excluding hydrogens is 211 g/mol. The second kappa shape index (κ2) is 3.04. The molecule has 0 nitrogen and oxygen atoms in total. The highest BCUT2D eigenvalue weighted by atomic mass is 127. The van der Waals surface area contributed by atoms with Crippen LogP contribution in [0, 0.1) is 5.92 Å². The van der Waals surface area contributed by atoms with Crippen LogP contribution in [0.2, 0.25) is 0 Å². The largest absolute Gasteiger partial charge is 0.0823 e. The summed E-state index contributed by atoms with van der Waals surface area (Å²) in [4.78, 5) is 0. The molecule has 0 saturated heterocycles. The van der Waals surface area contributed by atoms with E-state index in [-0.39, 0.29) is 0 Å². The van der Waals surface area contributed by atoms with Crippen LogP contribution in [-0.4, -0.2) is 3.92 Å². The molecule has 1 rings (SSSR count). The van der Waals surface area contributed by atoms with Crippen LogP contribution in [0.15, 0.2) is 0 Å². The average Bonchev–Trinajstić information content (AvgIpc) is 2.14. The van der Waals surface area contributed by atoms with Crippen LogP contribution in [0.5, 0.6) is 0 Å². The van der Waals surface area contributed by atoms with Crippen LogP contribution >= 0.6 is 22.6 Å². The van der Waals surface area contributed by atoms with E-state index in [9.17, 15) is 0 Å². The first-order chi connectivity index (χ1) is 3.84. The summed E-state index contributed by atoms with van der Waals surface area (Å²) in [7, 11) is 0. The second-order valence-corrected chi connectivity index (χ2v) is 4.22. The minimum atomic E-state index is 0.998. The molecule has 0 spiro atoms. The van der Waals surface area contributed by atoms with E-state index in [4.69, 9.17) is 0 Å². The van der Waals surface area contributed by atoms with Crippen molar-refractivity contribution >= 4 is 22.6 Å². The van der Waals surface area contributed by atoms with E-state index in [1.54, 1.807) is 0 Å². The maximum Gasteiger partial charge on any atom is 0.0138 e. The normalized spacial score (nSPS) is 38.2. The van der Waals surface area contributed by atoms with Gasteiger partial charge >= 0.3 is 0 Å². The summed E-state index contributed by atoms with van der Waals surface area (Å²) in [6, 6.07) is 0. The van der Waals surface area contributed by atoms with Gasteiger partial charge in [-0.1, -0.05) is 42.4 Å². The number of rotatable bonds is 1. The molecule has 1 heteroatoms. The summed E-state index contributed by atoms with van der Waals surface area (Å²) in [6.07, 6.45) is 5.84. The number of hydrogen-bond acceptors (Lipinski definition) is 0. The zero-order valence-corrected chi connectivity index (χ0v) is 7.52. The van der Waals surface area contributed by atoms with Crippen LogP contribution in [0.4, 0.5) is 0 Å². The Kier molecular flexibility index (Phi) is 2.60. The first-order valence-electron chi connectivity index (χ1n) is 3.48. The fourth-order valence-corrected chi connectivity index (χ4v) is 2.76. The fraction of sp³-hybridized carbons (Fsp3) is 1.00. The first kappa shape index (κ1) is 6.84. The molecule has 2 atom stereocenters. The van der Waals surface area contributed by atoms with E-state index in [2.05, 4.69) is 29.5 Å². The number of hydrogen-bond donors (Lipinski definition) is 0. The van der Waals surface area contributed by atoms with Gasteiger partial charge in [-0.3, -0.25) is 0 Å². The minimum Gasteiger partial charge on any atom is -0.0823 e. The van der Waals surface area contributed by atoms with Crippen LogP contribution in [0.1, 0.15) is 32.6 Å². The molecule has 0 aliphatic heterocycles. The van der Waals surface area contributed by atoms with E-state index < -0.39 is 0 Å². The molecule has 1 aliphatic carbocycles. The third kappa shape index (κ3) is 1.36. The van der Waals surface area contributed by atoms with E-state index in [1.165, 1.54) is 25.7 Å². The van der Waals surface area contributed by atoms with E-state index in [1.807, 2.05) is 0 Å². The van der Waals surface area contributed by atoms with Gasteiger partial charge in [0.05, 0.1) is 0 Å². The van der Waals surface area contributed by atoms with Gasteiger partial charge in [-0.25, -0.2) is 0 Å². The zero-order valence-electron chi connectivity index (χ0n) is 5.36. The number of halogens is 1. The van der Waals surface area contributed by atoms with Gasteiger partial charge in [0.1, 0.15) is 0 Å². The van der Waals surface area contributed by atoms with Crippen molar-refractivity contribution in [3.63, 3.8) is 0 Å². The zero-order chi connectivity index (χ0) is 5.98. The molecule has 2 unspecified atom stereocenters. The summed E-state index contributed by atoms with van der Waals surface area (Å²) in [6.45, 7) is 2.31. The standard InChI is InChI=1S/C7H13I/c1-2-6-4-3-5-7(6)8/h6-7H,2-5H2,1H3.